The van der Waals surface area contributed by atoms with E-state index in [2.05, 4.69) is 21.4 Å². The second kappa shape index (κ2) is 8.50. The highest BCUT2D eigenvalue weighted by atomic mass is 16.5. The predicted molar refractivity (Wildman–Crippen MR) is 109 cm³/mol. The molecule has 29 heavy (non-hydrogen) atoms. The Balaban J connectivity index is 1.74. The molecule has 0 aliphatic carbocycles. The molecule has 0 bridgehead atoms. The number of morpholine rings is 1. The molecular weight excluding hydrogens is 366 g/mol. The molecule has 7 heteroatoms. The number of hydrogen-bond acceptors (Lipinski definition) is 6. The number of rotatable bonds is 4. The number of anilines is 2. The first-order valence-corrected chi connectivity index (χ1v) is 9.32. The number of para-hydroxylation sites is 1. The molecule has 1 amide bonds. The number of carbonyl (C=O) groups excluding carboxylic acids is 1. The molecule has 0 spiro atoms. The maximum Gasteiger partial charge on any atom is 0.272 e. The fraction of sp³-hybridized carbons (Fsp3) is 0.182. The van der Waals surface area contributed by atoms with Crippen molar-refractivity contribution in [3.63, 3.8) is 0 Å². The number of carbonyl (C=O) groups is 1. The maximum absolute atomic E-state index is 13.0. The third kappa shape index (κ3) is 4.23. The molecule has 1 aliphatic heterocycles. The van der Waals surface area contributed by atoms with E-state index in [0.717, 1.165) is 5.56 Å². The Morgan fingerprint density at radius 3 is 2.52 bits per heavy atom. The zero-order valence-electron chi connectivity index (χ0n) is 15.7. The summed E-state index contributed by atoms with van der Waals surface area (Å²) in [6.45, 7) is 2.10. The molecule has 2 heterocycles. The molecule has 1 aliphatic rings. The van der Waals surface area contributed by atoms with Gasteiger partial charge in [0.1, 0.15) is 17.6 Å². The van der Waals surface area contributed by atoms with E-state index < -0.39 is 0 Å². The van der Waals surface area contributed by atoms with Gasteiger partial charge in [-0.15, -0.1) is 0 Å². The first-order chi connectivity index (χ1) is 14.2. The highest BCUT2D eigenvalue weighted by Gasteiger charge is 2.21. The van der Waals surface area contributed by atoms with Gasteiger partial charge in [-0.05, 0) is 12.1 Å². The smallest absolute Gasteiger partial charge is 0.272 e. The minimum Gasteiger partial charge on any atom is -0.378 e. The molecule has 0 atom stereocenters. The van der Waals surface area contributed by atoms with Crippen molar-refractivity contribution in [2.24, 2.45) is 0 Å². The third-order valence-corrected chi connectivity index (χ3v) is 4.59. The van der Waals surface area contributed by atoms with E-state index in [1.165, 1.54) is 0 Å². The van der Waals surface area contributed by atoms with Gasteiger partial charge >= 0.3 is 0 Å². The van der Waals surface area contributed by atoms with Gasteiger partial charge in [0.2, 0.25) is 0 Å². The third-order valence-electron chi connectivity index (χ3n) is 4.59. The number of hydrogen-bond donors (Lipinski definition) is 1. The number of ether oxygens (including phenoxy) is 1. The van der Waals surface area contributed by atoms with Crippen LogP contribution in [0.1, 0.15) is 16.1 Å². The van der Waals surface area contributed by atoms with E-state index >= 15 is 0 Å². The van der Waals surface area contributed by atoms with Crippen molar-refractivity contribution in [1.29, 1.82) is 5.26 Å². The SMILES string of the molecule is N#Cc1ccccc1Nc1cc(C(=O)N2CCOCC2)nc(-c2ccccc2)n1. The van der Waals surface area contributed by atoms with Crippen LogP contribution in [0.3, 0.4) is 0 Å². The van der Waals surface area contributed by atoms with Crippen molar-refractivity contribution in [2.75, 3.05) is 31.6 Å². The molecule has 0 unspecified atom stereocenters. The fourth-order valence-corrected chi connectivity index (χ4v) is 3.09. The number of benzene rings is 2. The van der Waals surface area contributed by atoms with Gasteiger partial charge < -0.3 is 15.0 Å². The van der Waals surface area contributed by atoms with Gasteiger partial charge in [0.15, 0.2) is 5.82 Å². The summed E-state index contributed by atoms with van der Waals surface area (Å²) in [5.74, 6) is 0.740. The average molecular weight is 385 g/mol. The predicted octanol–water partition coefficient (Wildman–Crippen LogP) is 3.23. The fourth-order valence-electron chi connectivity index (χ4n) is 3.09. The molecule has 1 aromatic heterocycles. The van der Waals surface area contributed by atoms with Gasteiger partial charge in [0.05, 0.1) is 24.5 Å². The van der Waals surface area contributed by atoms with Gasteiger partial charge in [0.25, 0.3) is 5.91 Å². The summed E-state index contributed by atoms with van der Waals surface area (Å²) in [7, 11) is 0. The summed E-state index contributed by atoms with van der Waals surface area (Å²) in [4.78, 5) is 23.8. The van der Waals surface area contributed by atoms with Crippen molar-refractivity contribution in [1.82, 2.24) is 14.9 Å². The molecule has 1 saturated heterocycles. The zero-order chi connectivity index (χ0) is 20.1. The van der Waals surface area contributed by atoms with Crippen LogP contribution < -0.4 is 5.32 Å². The Hall–Kier alpha value is -3.76. The second-order valence-corrected chi connectivity index (χ2v) is 6.52. The average Bonchev–Trinajstić information content (AvgIpc) is 2.80. The minimum atomic E-state index is -0.163. The van der Waals surface area contributed by atoms with Gasteiger partial charge in [-0.1, -0.05) is 42.5 Å². The Labute approximate surface area is 168 Å². The summed E-state index contributed by atoms with van der Waals surface area (Å²) in [5.41, 5.74) is 2.23. The highest BCUT2D eigenvalue weighted by Crippen LogP contribution is 2.23. The van der Waals surface area contributed by atoms with E-state index in [0.29, 0.717) is 54.9 Å². The summed E-state index contributed by atoms with van der Waals surface area (Å²) < 4.78 is 5.34. The molecule has 7 nitrogen and oxygen atoms in total. The lowest BCUT2D eigenvalue weighted by Gasteiger charge is -2.26. The van der Waals surface area contributed by atoms with Gasteiger partial charge in [-0.3, -0.25) is 4.79 Å². The highest BCUT2D eigenvalue weighted by molar-refractivity contribution is 5.93. The minimum absolute atomic E-state index is 0.163. The van der Waals surface area contributed by atoms with E-state index in [4.69, 9.17) is 4.74 Å². The molecular formula is C22H19N5O2. The Kier molecular flexibility index (Phi) is 5.45. The van der Waals surface area contributed by atoms with Crippen molar-refractivity contribution in [2.45, 2.75) is 0 Å². The molecule has 4 rings (SSSR count). The van der Waals surface area contributed by atoms with Crippen LogP contribution in [0.15, 0.2) is 60.7 Å². The van der Waals surface area contributed by atoms with Crippen molar-refractivity contribution in [3.05, 3.63) is 71.9 Å². The number of nitrogens with zero attached hydrogens (tertiary/aromatic N) is 4. The first-order valence-electron chi connectivity index (χ1n) is 9.32. The second-order valence-electron chi connectivity index (χ2n) is 6.52. The van der Waals surface area contributed by atoms with Crippen molar-refractivity contribution < 1.29 is 9.53 Å². The summed E-state index contributed by atoms with van der Waals surface area (Å²) >= 11 is 0. The zero-order valence-corrected chi connectivity index (χ0v) is 15.7. The van der Waals surface area contributed by atoms with Gasteiger partial charge in [-0.2, -0.15) is 5.26 Å². The van der Waals surface area contributed by atoms with Crippen LogP contribution in [0.5, 0.6) is 0 Å². The molecule has 0 radical (unpaired) electrons. The van der Waals surface area contributed by atoms with Crippen LogP contribution in [0.4, 0.5) is 11.5 Å². The van der Waals surface area contributed by atoms with E-state index in [9.17, 15) is 10.1 Å². The van der Waals surface area contributed by atoms with Crippen LogP contribution in [0.2, 0.25) is 0 Å². The van der Waals surface area contributed by atoms with E-state index in [1.807, 2.05) is 36.4 Å². The van der Waals surface area contributed by atoms with Crippen LogP contribution in [-0.4, -0.2) is 47.1 Å². The number of amides is 1. The molecule has 144 valence electrons. The lowest BCUT2D eigenvalue weighted by molar-refractivity contribution is 0.0299. The molecule has 1 N–H and O–H groups in total. The lowest BCUT2D eigenvalue weighted by atomic mass is 10.2. The molecule has 2 aromatic carbocycles. The van der Waals surface area contributed by atoms with Crippen LogP contribution in [0.25, 0.3) is 11.4 Å². The van der Waals surface area contributed by atoms with Crippen molar-refractivity contribution in [3.8, 4) is 17.5 Å². The monoisotopic (exact) mass is 385 g/mol. The summed E-state index contributed by atoms with van der Waals surface area (Å²) in [6, 6.07) is 20.4. The maximum atomic E-state index is 13.0. The molecule has 1 fully saturated rings. The molecule has 0 saturated carbocycles. The quantitative estimate of drug-likeness (QED) is 0.741. The van der Waals surface area contributed by atoms with E-state index in [1.54, 1.807) is 29.2 Å². The van der Waals surface area contributed by atoms with Gasteiger partial charge in [0, 0.05) is 24.7 Å². The number of aromatic nitrogens is 2. The Bertz CT molecular complexity index is 1060. The number of nitrogens with one attached hydrogen (secondary N) is 1. The molecule has 3 aromatic rings. The van der Waals surface area contributed by atoms with Crippen LogP contribution >= 0.6 is 0 Å². The summed E-state index contributed by atoms with van der Waals surface area (Å²) in [6.07, 6.45) is 0. The standard InChI is InChI=1S/C22H19N5O2/c23-15-17-8-4-5-9-18(17)24-20-14-19(22(28)27-10-12-29-13-11-27)25-21(26-20)16-6-2-1-3-7-16/h1-9,14H,10-13H2,(H,24,25,26). The van der Waals surface area contributed by atoms with Gasteiger partial charge in [-0.25, -0.2) is 9.97 Å². The number of nitriles is 1. The summed E-state index contributed by atoms with van der Waals surface area (Å²) in [5, 5.41) is 12.5. The van der Waals surface area contributed by atoms with Crippen LogP contribution in [-0.2, 0) is 4.74 Å². The van der Waals surface area contributed by atoms with E-state index in [-0.39, 0.29) is 5.91 Å². The van der Waals surface area contributed by atoms with Crippen molar-refractivity contribution >= 4 is 17.4 Å². The topological polar surface area (TPSA) is 91.1 Å². The lowest BCUT2D eigenvalue weighted by Crippen LogP contribution is -2.41. The largest absolute Gasteiger partial charge is 0.378 e. The Morgan fingerprint density at radius 1 is 1.03 bits per heavy atom. The van der Waals surface area contributed by atoms with Crippen LogP contribution in [0, 0.1) is 11.3 Å². The Morgan fingerprint density at radius 2 is 1.76 bits per heavy atom. The first kappa shape index (κ1) is 18.6. The normalized spacial score (nSPS) is 13.6.